The normalized spacial score (nSPS) is 10.5. The summed E-state index contributed by atoms with van der Waals surface area (Å²) >= 11 is 3.36. The summed E-state index contributed by atoms with van der Waals surface area (Å²) in [6.07, 6.45) is 1.36. The number of nitrogens with zero attached hydrogens (tertiary/aromatic N) is 2. The molecule has 0 aliphatic rings. The minimum atomic E-state index is -0.550. The van der Waals surface area contributed by atoms with Crippen LogP contribution < -0.4 is 20.2 Å². The lowest BCUT2D eigenvalue weighted by Crippen LogP contribution is -2.21. The summed E-state index contributed by atoms with van der Waals surface area (Å²) in [7, 11) is 1.51. The van der Waals surface area contributed by atoms with Gasteiger partial charge in [0.05, 0.1) is 23.9 Å². The van der Waals surface area contributed by atoms with E-state index in [1.54, 1.807) is 42.5 Å². The van der Waals surface area contributed by atoms with E-state index in [2.05, 4.69) is 31.8 Å². The number of hydrogen-bond acceptors (Lipinski definition) is 7. The minimum Gasteiger partial charge on any atom is -0.495 e. The molecule has 10 nitrogen and oxygen atoms in total. The van der Waals surface area contributed by atoms with E-state index >= 15 is 0 Å². The third-order valence-corrected chi connectivity index (χ3v) is 4.91. The molecule has 174 valence electrons. The lowest BCUT2D eigenvalue weighted by Gasteiger charge is -2.12. The van der Waals surface area contributed by atoms with Gasteiger partial charge in [0.2, 0.25) is 0 Å². The Labute approximate surface area is 202 Å². The largest absolute Gasteiger partial charge is 0.495 e. The number of carbonyl (C=O) groups excluding carboxylic acids is 2. The number of non-ortho nitro benzene ring substituents is 1. The number of amides is 2. The van der Waals surface area contributed by atoms with E-state index in [9.17, 15) is 19.7 Å². The molecule has 34 heavy (non-hydrogen) atoms. The molecule has 2 N–H and O–H groups in total. The third kappa shape index (κ3) is 6.62. The lowest BCUT2D eigenvalue weighted by molar-refractivity contribution is -0.384. The summed E-state index contributed by atoms with van der Waals surface area (Å²) in [5, 5.41) is 17.4. The second-order valence-electron chi connectivity index (χ2n) is 6.72. The number of nitrogens with one attached hydrogen (secondary N) is 2. The van der Waals surface area contributed by atoms with E-state index in [0.717, 1.165) is 4.47 Å². The Kier molecular flexibility index (Phi) is 8.30. The fourth-order valence-electron chi connectivity index (χ4n) is 2.79. The number of anilines is 1. The number of hydrogen-bond donors (Lipinski definition) is 2. The Balaban J connectivity index is 1.62. The van der Waals surface area contributed by atoms with Crippen LogP contribution >= 0.6 is 15.9 Å². The zero-order valence-corrected chi connectivity index (χ0v) is 19.4. The third-order valence-electron chi connectivity index (χ3n) is 4.42. The first-order valence-electron chi connectivity index (χ1n) is 9.80. The fraction of sp³-hybridized carbons (Fsp3) is 0.0870. The molecule has 3 aromatic carbocycles. The second kappa shape index (κ2) is 11.6. The zero-order valence-electron chi connectivity index (χ0n) is 17.9. The summed E-state index contributed by atoms with van der Waals surface area (Å²) in [6.45, 7) is -0.268. The molecule has 2 amide bonds. The van der Waals surface area contributed by atoms with Crippen molar-refractivity contribution in [2.24, 2.45) is 5.10 Å². The number of nitro benzene ring substituents is 1. The Morgan fingerprint density at radius 1 is 1.09 bits per heavy atom. The van der Waals surface area contributed by atoms with Crippen molar-refractivity contribution in [3.63, 3.8) is 0 Å². The van der Waals surface area contributed by atoms with Crippen molar-refractivity contribution in [2.75, 3.05) is 19.0 Å². The molecule has 3 aromatic rings. The molecule has 0 saturated heterocycles. The quantitative estimate of drug-likeness (QED) is 0.244. The van der Waals surface area contributed by atoms with Crippen molar-refractivity contribution in [1.82, 2.24) is 5.43 Å². The van der Waals surface area contributed by atoms with Gasteiger partial charge in [-0.3, -0.25) is 19.7 Å². The van der Waals surface area contributed by atoms with Gasteiger partial charge in [-0.05, 0) is 42.5 Å². The van der Waals surface area contributed by atoms with Gasteiger partial charge < -0.3 is 14.8 Å². The van der Waals surface area contributed by atoms with Gasteiger partial charge >= 0.3 is 0 Å². The summed E-state index contributed by atoms with van der Waals surface area (Å²) in [6, 6.07) is 17.2. The Morgan fingerprint density at radius 2 is 1.82 bits per heavy atom. The molecule has 0 aromatic heterocycles. The molecule has 0 atom stereocenters. The number of para-hydroxylation sites is 2. The van der Waals surface area contributed by atoms with Gasteiger partial charge in [-0.1, -0.05) is 28.1 Å². The highest BCUT2D eigenvalue weighted by Gasteiger charge is 2.11. The number of ether oxygens (including phenoxy) is 2. The maximum absolute atomic E-state index is 12.3. The van der Waals surface area contributed by atoms with Gasteiger partial charge in [-0.2, -0.15) is 5.10 Å². The van der Waals surface area contributed by atoms with Crippen LogP contribution in [0, 0.1) is 10.1 Å². The van der Waals surface area contributed by atoms with E-state index in [-0.39, 0.29) is 23.8 Å². The lowest BCUT2D eigenvalue weighted by atomic mass is 10.2. The molecule has 0 aliphatic carbocycles. The number of rotatable bonds is 9. The van der Waals surface area contributed by atoms with Crippen LogP contribution in [0.15, 0.2) is 76.3 Å². The van der Waals surface area contributed by atoms with Crippen LogP contribution in [-0.2, 0) is 4.79 Å². The van der Waals surface area contributed by atoms with Crippen molar-refractivity contribution in [3.05, 3.63) is 92.4 Å². The van der Waals surface area contributed by atoms with E-state index < -0.39 is 10.8 Å². The SMILES string of the molecule is COc1ccccc1NC(=O)COc1ccc(Br)cc1/C=N/NC(=O)c1ccc([N+](=O)[O-])cc1. The second-order valence-corrected chi connectivity index (χ2v) is 7.64. The van der Waals surface area contributed by atoms with Gasteiger partial charge in [0.1, 0.15) is 11.5 Å². The highest BCUT2D eigenvalue weighted by Crippen LogP contribution is 2.24. The van der Waals surface area contributed by atoms with Crippen molar-refractivity contribution in [3.8, 4) is 11.5 Å². The number of nitro groups is 1. The number of hydrazone groups is 1. The Bertz CT molecular complexity index is 1230. The highest BCUT2D eigenvalue weighted by molar-refractivity contribution is 9.10. The fourth-order valence-corrected chi connectivity index (χ4v) is 3.17. The van der Waals surface area contributed by atoms with Gasteiger partial charge in [0, 0.05) is 27.7 Å². The van der Waals surface area contributed by atoms with Gasteiger partial charge in [0.25, 0.3) is 17.5 Å². The molecule has 0 saturated carbocycles. The standard InChI is InChI=1S/C23H19BrN4O6/c1-33-21-5-3-2-4-19(21)26-22(29)14-34-20-11-8-17(24)12-16(20)13-25-27-23(30)15-6-9-18(10-7-15)28(31)32/h2-13H,14H2,1H3,(H,26,29)(H,27,30)/b25-13+. The first-order valence-corrected chi connectivity index (χ1v) is 10.6. The zero-order chi connectivity index (χ0) is 24.5. The molecule has 0 spiro atoms. The topological polar surface area (TPSA) is 132 Å². The molecule has 0 fully saturated rings. The average Bonchev–Trinajstić information content (AvgIpc) is 2.83. The van der Waals surface area contributed by atoms with Crippen LogP contribution in [0.1, 0.15) is 15.9 Å². The van der Waals surface area contributed by atoms with Gasteiger partial charge in [0.15, 0.2) is 6.61 Å². The van der Waals surface area contributed by atoms with Crippen molar-refractivity contribution < 1.29 is 24.0 Å². The minimum absolute atomic E-state index is 0.120. The molecule has 0 aliphatic heterocycles. The van der Waals surface area contributed by atoms with Gasteiger partial charge in [-0.15, -0.1) is 0 Å². The summed E-state index contributed by atoms with van der Waals surface area (Å²) in [4.78, 5) is 34.7. The summed E-state index contributed by atoms with van der Waals surface area (Å²) in [5.41, 5.74) is 3.46. The van der Waals surface area contributed by atoms with Crippen LogP contribution in [-0.4, -0.2) is 36.7 Å². The Hall–Kier alpha value is -4.25. The molecular formula is C23H19BrN4O6. The number of halogens is 1. The Morgan fingerprint density at radius 3 is 2.53 bits per heavy atom. The summed E-state index contributed by atoms with van der Waals surface area (Å²) in [5.74, 6) is -0.0376. The molecule has 3 rings (SSSR count). The molecule has 0 unspecified atom stereocenters. The van der Waals surface area contributed by atoms with Crippen molar-refractivity contribution >= 4 is 45.3 Å². The number of benzene rings is 3. The molecule has 0 radical (unpaired) electrons. The van der Waals surface area contributed by atoms with Crippen LogP contribution in [0.3, 0.4) is 0 Å². The predicted octanol–water partition coefficient (Wildman–Crippen LogP) is 4.15. The first kappa shape index (κ1) is 24.4. The summed E-state index contributed by atoms with van der Waals surface area (Å²) < 4.78 is 11.6. The van der Waals surface area contributed by atoms with E-state index in [0.29, 0.717) is 22.7 Å². The average molecular weight is 527 g/mol. The highest BCUT2D eigenvalue weighted by atomic mass is 79.9. The first-order chi connectivity index (χ1) is 16.4. The number of methoxy groups -OCH3 is 1. The monoisotopic (exact) mass is 526 g/mol. The van der Waals surface area contributed by atoms with Crippen molar-refractivity contribution in [2.45, 2.75) is 0 Å². The molecule has 11 heteroatoms. The van der Waals surface area contributed by atoms with E-state index in [1.165, 1.54) is 37.6 Å². The molecule has 0 bridgehead atoms. The molecule has 0 heterocycles. The maximum Gasteiger partial charge on any atom is 0.271 e. The van der Waals surface area contributed by atoms with Crippen LogP contribution in [0.25, 0.3) is 0 Å². The van der Waals surface area contributed by atoms with E-state index in [4.69, 9.17) is 9.47 Å². The van der Waals surface area contributed by atoms with Gasteiger partial charge in [-0.25, -0.2) is 5.43 Å². The van der Waals surface area contributed by atoms with Crippen LogP contribution in [0.4, 0.5) is 11.4 Å². The molecular weight excluding hydrogens is 508 g/mol. The smallest absolute Gasteiger partial charge is 0.271 e. The van der Waals surface area contributed by atoms with E-state index in [1.807, 2.05) is 0 Å². The predicted molar refractivity (Wildman–Crippen MR) is 129 cm³/mol. The van der Waals surface area contributed by atoms with Crippen LogP contribution in [0.5, 0.6) is 11.5 Å². The maximum atomic E-state index is 12.3. The number of carbonyl (C=O) groups is 2. The van der Waals surface area contributed by atoms with Crippen molar-refractivity contribution in [1.29, 1.82) is 0 Å². The van der Waals surface area contributed by atoms with Crippen LogP contribution in [0.2, 0.25) is 0 Å².